The molecule has 0 unspecified atom stereocenters. The molecule has 0 aromatic heterocycles. The number of amides is 2. The van der Waals surface area contributed by atoms with Crippen molar-refractivity contribution < 1.29 is 33.4 Å². The zero-order chi connectivity index (χ0) is 23.6. The standard InChI is InChI=1S/C20H29N3O7S/c1-11(2)16(23-17(24)14(21)10-31)18(25)22-15(20(27)29-4)9-30-19(26)12-5-7-13(28-3)8-6-12/h5-8,11,14-16,31H,9-10,21H2,1-4H3,(H,22,25)(H,23,24)/t14-,15-,16-/m0/s1. The van der Waals surface area contributed by atoms with Crippen LogP contribution in [0.3, 0.4) is 0 Å². The summed E-state index contributed by atoms with van der Waals surface area (Å²) in [5.74, 6) is -2.34. The number of carbonyl (C=O) groups excluding carboxylic acids is 4. The molecule has 0 aliphatic rings. The lowest BCUT2D eigenvalue weighted by Crippen LogP contribution is -2.57. The third kappa shape index (κ3) is 8.10. The molecule has 31 heavy (non-hydrogen) atoms. The molecule has 0 fully saturated rings. The van der Waals surface area contributed by atoms with Gasteiger partial charge < -0.3 is 30.6 Å². The fourth-order valence-electron chi connectivity index (χ4n) is 2.42. The van der Waals surface area contributed by atoms with Gasteiger partial charge >= 0.3 is 11.9 Å². The van der Waals surface area contributed by atoms with E-state index in [1.54, 1.807) is 26.0 Å². The second-order valence-corrected chi connectivity index (χ2v) is 7.30. The smallest absolute Gasteiger partial charge is 0.338 e. The third-order valence-electron chi connectivity index (χ3n) is 4.29. The van der Waals surface area contributed by atoms with Gasteiger partial charge in [0.2, 0.25) is 11.8 Å². The van der Waals surface area contributed by atoms with Gasteiger partial charge in [-0.05, 0) is 30.2 Å². The highest BCUT2D eigenvalue weighted by atomic mass is 32.1. The Morgan fingerprint density at radius 1 is 1.03 bits per heavy atom. The summed E-state index contributed by atoms with van der Waals surface area (Å²) in [5, 5.41) is 4.99. The molecule has 1 aromatic rings. The van der Waals surface area contributed by atoms with E-state index in [9.17, 15) is 19.2 Å². The molecular weight excluding hydrogens is 426 g/mol. The maximum Gasteiger partial charge on any atom is 0.338 e. The Hall–Kier alpha value is -2.79. The highest BCUT2D eigenvalue weighted by Crippen LogP contribution is 2.12. The number of methoxy groups -OCH3 is 2. The van der Waals surface area contributed by atoms with Crippen LogP contribution >= 0.6 is 12.6 Å². The van der Waals surface area contributed by atoms with Crippen LogP contribution in [0.15, 0.2) is 24.3 Å². The predicted octanol–water partition coefficient (Wildman–Crippen LogP) is -0.0923. The van der Waals surface area contributed by atoms with Gasteiger partial charge in [0.25, 0.3) is 0 Å². The molecule has 10 nitrogen and oxygen atoms in total. The molecular formula is C20H29N3O7S. The van der Waals surface area contributed by atoms with Crippen molar-refractivity contribution in [2.45, 2.75) is 32.0 Å². The van der Waals surface area contributed by atoms with Crippen LogP contribution in [0.1, 0.15) is 24.2 Å². The van der Waals surface area contributed by atoms with E-state index in [0.717, 1.165) is 7.11 Å². The van der Waals surface area contributed by atoms with Crippen LogP contribution in [0.4, 0.5) is 0 Å². The van der Waals surface area contributed by atoms with Gasteiger partial charge in [0.1, 0.15) is 18.4 Å². The molecule has 4 N–H and O–H groups in total. The number of thiol groups is 1. The number of hydrogen-bond acceptors (Lipinski definition) is 9. The van der Waals surface area contributed by atoms with Gasteiger partial charge in [-0.15, -0.1) is 0 Å². The number of carbonyl (C=O) groups is 4. The van der Waals surface area contributed by atoms with Crippen molar-refractivity contribution in [3.05, 3.63) is 29.8 Å². The van der Waals surface area contributed by atoms with Gasteiger partial charge in [-0.25, -0.2) is 9.59 Å². The number of esters is 2. The maximum absolute atomic E-state index is 12.7. The molecule has 0 saturated heterocycles. The molecule has 1 rings (SSSR count). The van der Waals surface area contributed by atoms with Crippen molar-refractivity contribution in [3.8, 4) is 5.75 Å². The molecule has 172 valence electrons. The summed E-state index contributed by atoms with van der Waals surface area (Å²) in [6.45, 7) is 2.97. The molecule has 0 bridgehead atoms. The lowest BCUT2D eigenvalue weighted by molar-refractivity contribution is -0.146. The van der Waals surface area contributed by atoms with Crippen LogP contribution in [0.2, 0.25) is 0 Å². The van der Waals surface area contributed by atoms with Crippen LogP contribution in [-0.2, 0) is 23.9 Å². The van der Waals surface area contributed by atoms with E-state index < -0.39 is 48.5 Å². The van der Waals surface area contributed by atoms with E-state index in [4.69, 9.17) is 15.2 Å². The molecule has 11 heteroatoms. The molecule has 0 spiro atoms. The fourth-order valence-corrected chi connectivity index (χ4v) is 2.59. The van der Waals surface area contributed by atoms with Crippen molar-refractivity contribution in [2.24, 2.45) is 11.7 Å². The molecule has 2 amide bonds. The second-order valence-electron chi connectivity index (χ2n) is 6.93. The number of nitrogens with one attached hydrogen (secondary N) is 2. The minimum Gasteiger partial charge on any atom is -0.497 e. The van der Waals surface area contributed by atoms with Crippen LogP contribution in [0.5, 0.6) is 5.75 Å². The first kappa shape index (κ1) is 26.2. The summed E-state index contributed by atoms with van der Waals surface area (Å²) < 4.78 is 14.9. The zero-order valence-corrected chi connectivity index (χ0v) is 18.8. The highest BCUT2D eigenvalue weighted by Gasteiger charge is 2.31. The van der Waals surface area contributed by atoms with Crippen molar-refractivity contribution >= 4 is 36.4 Å². The molecule has 0 aliphatic carbocycles. The third-order valence-corrected chi connectivity index (χ3v) is 4.68. The van der Waals surface area contributed by atoms with Crippen LogP contribution in [0, 0.1) is 5.92 Å². The van der Waals surface area contributed by atoms with Crippen molar-refractivity contribution in [1.29, 1.82) is 0 Å². The molecule has 0 saturated carbocycles. The molecule has 3 atom stereocenters. The van der Waals surface area contributed by atoms with Gasteiger partial charge in [0.05, 0.1) is 25.8 Å². The lowest BCUT2D eigenvalue weighted by Gasteiger charge is -2.25. The zero-order valence-electron chi connectivity index (χ0n) is 17.9. The summed E-state index contributed by atoms with van der Waals surface area (Å²) in [6, 6.07) is 3.05. The van der Waals surface area contributed by atoms with E-state index in [-0.39, 0.29) is 17.2 Å². The average Bonchev–Trinajstić information content (AvgIpc) is 2.78. The maximum atomic E-state index is 12.7. The highest BCUT2D eigenvalue weighted by molar-refractivity contribution is 7.80. The Morgan fingerprint density at radius 2 is 1.65 bits per heavy atom. The van der Waals surface area contributed by atoms with Gasteiger partial charge in [-0.2, -0.15) is 12.6 Å². The van der Waals surface area contributed by atoms with Crippen LogP contribution in [0.25, 0.3) is 0 Å². The minimum absolute atomic E-state index is 0.102. The quantitative estimate of drug-likeness (QED) is 0.267. The summed E-state index contributed by atoms with van der Waals surface area (Å²) in [6.07, 6.45) is 0. The van der Waals surface area contributed by atoms with Gasteiger partial charge in [0.15, 0.2) is 6.04 Å². The number of benzene rings is 1. The minimum atomic E-state index is -1.27. The van der Waals surface area contributed by atoms with E-state index in [2.05, 4.69) is 28.0 Å². The molecule has 0 heterocycles. The van der Waals surface area contributed by atoms with Gasteiger partial charge in [0, 0.05) is 5.75 Å². The topological polar surface area (TPSA) is 146 Å². The Balaban J connectivity index is 2.83. The van der Waals surface area contributed by atoms with Gasteiger partial charge in [-0.3, -0.25) is 9.59 Å². The molecule has 0 aliphatic heterocycles. The summed E-state index contributed by atoms with van der Waals surface area (Å²) >= 11 is 3.96. The SMILES string of the molecule is COC(=O)[C@H](COC(=O)c1ccc(OC)cc1)NC(=O)[C@@H](NC(=O)[C@@H](N)CS)C(C)C. The average molecular weight is 456 g/mol. The first-order chi connectivity index (χ1) is 14.6. The Bertz CT molecular complexity index is 771. The van der Waals surface area contributed by atoms with Crippen molar-refractivity contribution in [2.75, 3.05) is 26.6 Å². The number of rotatable bonds is 11. The molecule has 1 aromatic carbocycles. The first-order valence-corrected chi connectivity index (χ1v) is 10.1. The largest absolute Gasteiger partial charge is 0.497 e. The lowest BCUT2D eigenvalue weighted by atomic mass is 10.0. The number of hydrogen-bond donors (Lipinski definition) is 4. The van der Waals surface area contributed by atoms with E-state index in [1.807, 2.05) is 0 Å². The summed E-state index contributed by atoms with van der Waals surface area (Å²) in [5.41, 5.74) is 5.87. The van der Waals surface area contributed by atoms with Crippen LogP contribution in [-0.4, -0.2) is 68.5 Å². The summed E-state index contributed by atoms with van der Waals surface area (Å²) in [7, 11) is 2.64. The van der Waals surface area contributed by atoms with Crippen molar-refractivity contribution in [1.82, 2.24) is 10.6 Å². The van der Waals surface area contributed by atoms with E-state index in [1.165, 1.54) is 19.2 Å². The fraction of sp³-hybridized carbons (Fsp3) is 0.500. The molecule has 0 radical (unpaired) electrons. The van der Waals surface area contributed by atoms with Crippen molar-refractivity contribution in [3.63, 3.8) is 0 Å². The predicted molar refractivity (Wildman–Crippen MR) is 116 cm³/mol. The van der Waals surface area contributed by atoms with Crippen LogP contribution < -0.4 is 21.1 Å². The van der Waals surface area contributed by atoms with E-state index >= 15 is 0 Å². The number of nitrogens with two attached hydrogens (primary N) is 1. The second kappa shape index (κ2) is 12.8. The normalized spacial score (nSPS) is 13.5. The number of ether oxygens (including phenoxy) is 3. The monoisotopic (exact) mass is 455 g/mol. The van der Waals surface area contributed by atoms with Gasteiger partial charge in [-0.1, -0.05) is 13.8 Å². The first-order valence-electron chi connectivity index (χ1n) is 9.50. The Labute approximate surface area is 186 Å². The summed E-state index contributed by atoms with van der Waals surface area (Å²) in [4.78, 5) is 49.1. The Morgan fingerprint density at radius 3 is 2.13 bits per heavy atom. The Kier molecular flexibility index (Phi) is 10.8. The van der Waals surface area contributed by atoms with E-state index in [0.29, 0.717) is 5.75 Å².